The van der Waals surface area contributed by atoms with E-state index >= 15 is 0 Å². The summed E-state index contributed by atoms with van der Waals surface area (Å²) in [5, 5.41) is 0.748. The summed E-state index contributed by atoms with van der Waals surface area (Å²) in [4.78, 5) is 24.3. The molecule has 1 atom stereocenters. The molecule has 0 bridgehead atoms. The number of imidazole rings is 1. The number of aryl methyl sites for hydroxylation is 1. The van der Waals surface area contributed by atoms with Gasteiger partial charge in [-0.15, -0.1) is 0 Å². The number of benzene rings is 2. The monoisotopic (exact) mass is 451 g/mol. The first-order valence-electron chi connectivity index (χ1n) is 10.1. The summed E-state index contributed by atoms with van der Waals surface area (Å²) in [6.07, 6.45) is 1.77. The highest BCUT2D eigenvalue weighted by Crippen LogP contribution is 2.33. The predicted molar refractivity (Wildman–Crippen MR) is 117 cm³/mol. The normalized spacial score (nSPS) is 15.6. The second-order valence-corrected chi connectivity index (χ2v) is 8.43. The van der Waals surface area contributed by atoms with Gasteiger partial charge in [0.25, 0.3) is 5.91 Å². The Labute approximate surface area is 187 Å². The Bertz CT molecular complexity index is 1310. The van der Waals surface area contributed by atoms with Crippen molar-refractivity contribution in [1.29, 1.82) is 0 Å². The Balaban J connectivity index is 1.49. The molecule has 0 saturated carbocycles. The van der Waals surface area contributed by atoms with E-state index in [4.69, 9.17) is 0 Å². The minimum atomic E-state index is -0.456. The van der Waals surface area contributed by atoms with E-state index in [-0.39, 0.29) is 11.9 Å². The number of fused-ring (bicyclic) bond motifs is 1. The summed E-state index contributed by atoms with van der Waals surface area (Å²) >= 11 is 1.30. The topological polar surface area (TPSA) is 63.9 Å². The van der Waals surface area contributed by atoms with Crippen molar-refractivity contribution in [3.8, 4) is 22.0 Å². The maximum Gasteiger partial charge on any atom is 0.255 e. The van der Waals surface area contributed by atoms with Crippen LogP contribution in [-0.4, -0.2) is 36.3 Å². The summed E-state index contributed by atoms with van der Waals surface area (Å²) in [7, 11) is 0. The van der Waals surface area contributed by atoms with Gasteiger partial charge in [0, 0.05) is 18.7 Å². The van der Waals surface area contributed by atoms with Crippen LogP contribution in [0.5, 0.6) is 0 Å². The maximum absolute atomic E-state index is 14.0. The van der Waals surface area contributed by atoms with Crippen molar-refractivity contribution in [2.24, 2.45) is 0 Å². The van der Waals surface area contributed by atoms with Crippen LogP contribution in [0.4, 0.5) is 8.78 Å². The van der Waals surface area contributed by atoms with Crippen LogP contribution >= 0.6 is 11.5 Å². The molecule has 2 aromatic carbocycles. The molecule has 32 heavy (non-hydrogen) atoms. The van der Waals surface area contributed by atoms with Gasteiger partial charge >= 0.3 is 0 Å². The summed E-state index contributed by atoms with van der Waals surface area (Å²) in [6.45, 7) is 4.81. The molecule has 1 amide bonds. The van der Waals surface area contributed by atoms with Crippen LogP contribution in [0, 0.1) is 18.6 Å². The molecule has 3 heterocycles. The van der Waals surface area contributed by atoms with Crippen LogP contribution in [0.1, 0.15) is 34.8 Å². The summed E-state index contributed by atoms with van der Waals surface area (Å²) in [5.41, 5.74) is 2.29. The molecule has 2 aromatic heterocycles. The van der Waals surface area contributed by atoms with Crippen molar-refractivity contribution in [3.05, 3.63) is 77.4 Å². The fourth-order valence-electron chi connectivity index (χ4n) is 4.08. The molecule has 162 valence electrons. The second-order valence-electron chi connectivity index (χ2n) is 7.68. The van der Waals surface area contributed by atoms with E-state index in [1.54, 1.807) is 23.2 Å². The van der Waals surface area contributed by atoms with Crippen LogP contribution in [0.15, 0.2) is 48.7 Å². The van der Waals surface area contributed by atoms with Crippen molar-refractivity contribution in [2.75, 3.05) is 6.54 Å². The lowest BCUT2D eigenvalue weighted by Gasteiger charge is -2.35. The van der Waals surface area contributed by atoms with E-state index in [1.165, 1.54) is 41.9 Å². The first kappa shape index (κ1) is 20.4. The molecule has 1 aliphatic heterocycles. The van der Waals surface area contributed by atoms with Crippen molar-refractivity contribution in [3.63, 3.8) is 0 Å². The van der Waals surface area contributed by atoms with Gasteiger partial charge < -0.3 is 9.47 Å². The van der Waals surface area contributed by atoms with Crippen LogP contribution in [-0.2, 0) is 6.54 Å². The molecule has 9 heteroatoms. The number of aromatic nitrogens is 4. The van der Waals surface area contributed by atoms with Crippen molar-refractivity contribution in [2.45, 2.75) is 26.4 Å². The predicted octanol–water partition coefficient (Wildman–Crippen LogP) is 4.87. The van der Waals surface area contributed by atoms with Gasteiger partial charge in [-0.1, -0.05) is 12.1 Å². The summed E-state index contributed by atoms with van der Waals surface area (Å²) in [6, 6.07) is 9.53. The Hall–Kier alpha value is -3.46. The smallest absolute Gasteiger partial charge is 0.255 e. The Kier molecular flexibility index (Phi) is 5.05. The van der Waals surface area contributed by atoms with E-state index in [1.807, 2.05) is 13.8 Å². The molecular weight excluding hydrogens is 432 g/mol. The zero-order valence-corrected chi connectivity index (χ0v) is 18.2. The molecule has 1 aliphatic rings. The van der Waals surface area contributed by atoms with Crippen molar-refractivity contribution >= 4 is 17.4 Å². The van der Waals surface area contributed by atoms with Gasteiger partial charge in [0.15, 0.2) is 10.8 Å². The quantitative estimate of drug-likeness (QED) is 0.446. The number of halogens is 2. The number of hydrogen-bond donors (Lipinski definition) is 0. The Morgan fingerprint density at radius 3 is 2.56 bits per heavy atom. The van der Waals surface area contributed by atoms with E-state index < -0.39 is 11.6 Å². The highest BCUT2D eigenvalue weighted by Gasteiger charge is 2.32. The van der Waals surface area contributed by atoms with E-state index in [0.29, 0.717) is 35.6 Å². The number of amides is 1. The number of rotatable bonds is 3. The number of carbonyl (C=O) groups excluding carboxylic acids is 1. The van der Waals surface area contributed by atoms with Gasteiger partial charge in [0.2, 0.25) is 0 Å². The van der Waals surface area contributed by atoms with Crippen LogP contribution in [0.2, 0.25) is 0 Å². The summed E-state index contributed by atoms with van der Waals surface area (Å²) < 4.78 is 33.7. The third-order valence-electron chi connectivity index (χ3n) is 5.69. The van der Waals surface area contributed by atoms with Crippen LogP contribution < -0.4 is 0 Å². The third-order valence-corrected chi connectivity index (χ3v) is 6.50. The average molecular weight is 452 g/mol. The minimum absolute atomic E-state index is 0.211. The van der Waals surface area contributed by atoms with E-state index in [0.717, 1.165) is 16.5 Å². The Morgan fingerprint density at radius 1 is 1.09 bits per heavy atom. The SMILES string of the molecule is Cc1nsc(-c2ncc3n2CCN(C(=O)c2ccc(F)cc2-c2ccc(F)cc2)[C@@H]3C)n1. The minimum Gasteiger partial charge on any atom is -0.329 e. The second kappa shape index (κ2) is 7.90. The van der Waals surface area contributed by atoms with Gasteiger partial charge in [-0.25, -0.2) is 18.7 Å². The Morgan fingerprint density at radius 2 is 1.84 bits per heavy atom. The van der Waals surface area contributed by atoms with Gasteiger partial charge in [-0.3, -0.25) is 4.79 Å². The van der Waals surface area contributed by atoms with Crippen molar-refractivity contribution in [1.82, 2.24) is 23.8 Å². The molecule has 0 radical (unpaired) electrons. The molecule has 6 nitrogen and oxygen atoms in total. The van der Waals surface area contributed by atoms with Gasteiger partial charge in [-0.05, 0) is 66.8 Å². The molecule has 5 rings (SSSR count). The standard InChI is InChI=1S/C23H19F2N5OS/c1-13-20-12-26-21(22-27-14(2)28-32-22)30(20)10-9-29(13)23(31)18-8-7-17(25)11-19(18)15-3-5-16(24)6-4-15/h3-8,11-13H,9-10H2,1-2H3/t13-/m1/s1. The first-order chi connectivity index (χ1) is 15.4. The molecule has 0 unspecified atom stereocenters. The lowest BCUT2D eigenvalue weighted by atomic mass is 9.97. The number of nitrogens with zero attached hydrogens (tertiary/aromatic N) is 5. The molecule has 0 fully saturated rings. The third kappa shape index (κ3) is 3.48. The zero-order chi connectivity index (χ0) is 22.4. The number of carbonyl (C=O) groups is 1. The van der Waals surface area contributed by atoms with Crippen LogP contribution in [0.3, 0.4) is 0 Å². The van der Waals surface area contributed by atoms with Crippen LogP contribution in [0.25, 0.3) is 22.0 Å². The largest absolute Gasteiger partial charge is 0.329 e. The van der Waals surface area contributed by atoms with Crippen molar-refractivity contribution < 1.29 is 13.6 Å². The van der Waals surface area contributed by atoms with E-state index in [9.17, 15) is 13.6 Å². The van der Waals surface area contributed by atoms with Gasteiger partial charge in [-0.2, -0.15) is 4.37 Å². The fourth-order valence-corrected chi connectivity index (χ4v) is 4.76. The molecule has 4 aromatic rings. The highest BCUT2D eigenvalue weighted by atomic mass is 32.1. The molecular formula is C23H19F2N5OS. The average Bonchev–Trinajstić information content (AvgIpc) is 3.40. The molecule has 0 N–H and O–H groups in total. The molecule has 0 spiro atoms. The molecule has 0 aliphatic carbocycles. The lowest BCUT2D eigenvalue weighted by Crippen LogP contribution is -2.41. The van der Waals surface area contributed by atoms with Gasteiger partial charge in [0.05, 0.1) is 17.9 Å². The van der Waals surface area contributed by atoms with Gasteiger partial charge in [0.1, 0.15) is 17.5 Å². The highest BCUT2D eigenvalue weighted by molar-refractivity contribution is 7.09. The number of hydrogen-bond acceptors (Lipinski definition) is 5. The lowest BCUT2D eigenvalue weighted by molar-refractivity contribution is 0.0645. The maximum atomic E-state index is 14.0. The van der Waals surface area contributed by atoms with E-state index in [2.05, 4.69) is 18.9 Å². The zero-order valence-electron chi connectivity index (χ0n) is 17.4. The molecule has 0 saturated heterocycles. The summed E-state index contributed by atoms with van der Waals surface area (Å²) in [5.74, 6) is 0.392. The first-order valence-corrected chi connectivity index (χ1v) is 10.9. The fraction of sp³-hybridized carbons (Fsp3) is 0.217.